The highest BCUT2D eigenvalue weighted by molar-refractivity contribution is 5.80. The summed E-state index contributed by atoms with van der Waals surface area (Å²) in [6, 6.07) is -1.35. The molecular weight excluding hydrogens is 166 g/mol. The summed E-state index contributed by atoms with van der Waals surface area (Å²) in [6.07, 6.45) is -0.113. The highest BCUT2D eigenvalue weighted by atomic mass is 16.5. The molecule has 0 aliphatic carbocycles. The molecule has 0 heterocycles. The van der Waals surface area contributed by atoms with Crippen LogP contribution in [0.4, 0.5) is 4.79 Å². The molecule has 0 spiro atoms. The third-order valence-electron chi connectivity index (χ3n) is 0.963. The van der Waals surface area contributed by atoms with Crippen LogP contribution < -0.4 is 5.32 Å². The minimum Gasteiger partial charge on any atom is -0.480 e. The summed E-state index contributed by atoms with van der Waals surface area (Å²) < 4.78 is 4.16. The summed E-state index contributed by atoms with van der Waals surface area (Å²) in [4.78, 5) is 20.8. The van der Waals surface area contributed by atoms with Gasteiger partial charge in [-0.3, -0.25) is 0 Å². The van der Waals surface area contributed by atoms with E-state index in [4.69, 9.17) is 10.2 Å². The predicted molar refractivity (Wildman–Crippen MR) is 38.3 cm³/mol. The first-order chi connectivity index (χ1) is 5.61. The maximum atomic E-state index is 10.5. The largest absolute Gasteiger partial charge is 0.480 e. The summed E-state index contributed by atoms with van der Waals surface area (Å²) in [5.41, 5.74) is 0. The van der Waals surface area contributed by atoms with Crippen LogP contribution in [0.15, 0.2) is 12.8 Å². The van der Waals surface area contributed by atoms with Crippen LogP contribution >= 0.6 is 0 Å². The standard InChI is InChI=1S/C6H9NO5/c1-2-12-6(11)7-4(3-8)5(9)10/h2,4,8H,1,3H2,(H,7,11)(H,9,10)/t4-/m0/s1. The van der Waals surface area contributed by atoms with Crippen LogP contribution in [0.25, 0.3) is 0 Å². The van der Waals surface area contributed by atoms with Crippen LogP contribution in [-0.2, 0) is 9.53 Å². The maximum Gasteiger partial charge on any atom is 0.412 e. The third kappa shape index (κ3) is 3.57. The lowest BCUT2D eigenvalue weighted by Crippen LogP contribution is -2.43. The van der Waals surface area contributed by atoms with Gasteiger partial charge in [-0.15, -0.1) is 0 Å². The molecule has 68 valence electrons. The van der Waals surface area contributed by atoms with Gasteiger partial charge in [0.25, 0.3) is 0 Å². The Hall–Kier alpha value is -1.56. The number of aliphatic hydroxyl groups excluding tert-OH is 1. The average Bonchev–Trinajstić information content (AvgIpc) is 2.00. The van der Waals surface area contributed by atoms with Crippen molar-refractivity contribution in [3.05, 3.63) is 12.8 Å². The SMILES string of the molecule is C=COC(=O)N[C@@H](CO)C(=O)O. The van der Waals surface area contributed by atoms with Gasteiger partial charge >= 0.3 is 12.1 Å². The molecule has 0 rings (SSSR count). The summed E-state index contributed by atoms with van der Waals surface area (Å²) >= 11 is 0. The van der Waals surface area contributed by atoms with Crippen molar-refractivity contribution >= 4 is 12.1 Å². The van der Waals surface area contributed by atoms with E-state index in [0.29, 0.717) is 0 Å². The summed E-state index contributed by atoms with van der Waals surface area (Å²) in [5, 5.41) is 18.7. The molecule has 0 aromatic heterocycles. The zero-order chi connectivity index (χ0) is 9.56. The molecule has 0 aromatic rings. The van der Waals surface area contributed by atoms with Crippen molar-refractivity contribution in [2.75, 3.05) is 6.61 Å². The molecule has 0 saturated heterocycles. The molecule has 6 nitrogen and oxygen atoms in total. The zero-order valence-corrected chi connectivity index (χ0v) is 6.19. The summed E-state index contributed by atoms with van der Waals surface area (Å²) in [5.74, 6) is -1.33. The molecule has 0 aliphatic rings. The fraction of sp³-hybridized carbons (Fsp3) is 0.333. The molecule has 0 bridgehead atoms. The number of amides is 1. The zero-order valence-electron chi connectivity index (χ0n) is 6.19. The van der Waals surface area contributed by atoms with E-state index in [0.717, 1.165) is 6.26 Å². The van der Waals surface area contributed by atoms with Crippen molar-refractivity contribution in [1.29, 1.82) is 0 Å². The van der Waals surface area contributed by atoms with Crippen molar-refractivity contribution in [3.8, 4) is 0 Å². The quantitative estimate of drug-likeness (QED) is 0.491. The molecule has 0 aliphatic heterocycles. The van der Waals surface area contributed by atoms with Crippen molar-refractivity contribution in [3.63, 3.8) is 0 Å². The predicted octanol–water partition coefficient (Wildman–Crippen LogP) is -0.698. The van der Waals surface area contributed by atoms with Gasteiger partial charge in [0, 0.05) is 0 Å². The molecule has 12 heavy (non-hydrogen) atoms. The van der Waals surface area contributed by atoms with Crippen molar-refractivity contribution in [2.45, 2.75) is 6.04 Å². The first-order valence-electron chi connectivity index (χ1n) is 3.03. The second-order valence-electron chi connectivity index (χ2n) is 1.79. The van der Waals surface area contributed by atoms with E-state index in [1.165, 1.54) is 0 Å². The number of carbonyl (C=O) groups excluding carboxylic acids is 1. The summed E-state index contributed by atoms with van der Waals surface area (Å²) in [6.45, 7) is 2.39. The minimum atomic E-state index is -1.35. The Morgan fingerprint density at radius 3 is 2.58 bits per heavy atom. The van der Waals surface area contributed by atoms with E-state index in [-0.39, 0.29) is 0 Å². The van der Waals surface area contributed by atoms with Crippen LogP contribution in [0.2, 0.25) is 0 Å². The van der Waals surface area contributed by atoms with Gasteiger partial charge in [-0.25, -0.2) is 9.59 Å². The number of hydrogen-bond donors (Lipinski definition) is 3. The molecule has 3 N–H and O–H groups in total. The lowest BCUT2D eigenvalue weighted by atomic mass is 10.3. The number of ether oxygens (including phenoxy) is 1. The normalized spacial score (nSPS) is 11.4. The van der Waals surface area contributed by atoms with Gasteiger partial charge in [-0.2, -0.15) is 0 Å². The maximum absolute atomic E-state index is 10.5. The molecule has 6 heteroatoms. The monoisotopic (exact) mass is 175 g/mol. The Morgan fingerprint density at radius 2 is 2.25 bits per heavy atom. The highest BCUT2D eigenvalue weighted by Crippen LogP contribution is 1.85. The number of rotatable bonds is 4. The lowest BCUT2D eigenvalue weighted by Gasteiger charge is -2.09. The van der Waals surface area contributed by atoms with Gasteiger partial charge < -0.3 is 20.3 Å². The fourth-order valence-corrected chi connectivity index (χ4v) is 0.437. The Morgan fingerprint density at radius 1 is 1.67 bits per heavy atom. The van der Waals surface area contributed by atoms with E-state index in [9.17, 15) is 9.59 Å². The number of aliphatic carboxylic acids is 1. The smallest absolute Gasteiger partial charge is 0.412 e. The first-order valence-corrected chi connectivity index (χ1v) is 3.03. The van der Waals surface area contributed by atoms with E-state index < -0.39 is 24.7 Å². The van der Waals surface area contributed by atoms with E-state index in [2.05, 4.69) is 11.3 Å². The van der Waals surface area contributed by atoms with Gasteiger partial charge in [-0.1, -0.05) is 6.58 Å². The second-order valence-corrected chi connectivity index (χ2v) is 1.79. The Kier molecular flexibility index (Phi) is 4.47. The van der Waals surface area contributed by atoms with Gasteiger partial charge in [0.2, 0.25) is 0 Å². The molecule has 0 saturated carbocycles. The number of alkyl carbamates (subject to hydrolysis) is 1. The number of carboxylic acid groups (broad SMARTS) is 1. The van der Waals surface area contributed by atoms with E-state index in [1.807, 2.05) is 5.32 Å². The Balaban J connectivity index is 3.93. The van der Waals surface area contributed by atoms with Crippen LogP contribution in [0.3, 0.4) is 0 Å². The van der Waals surface area contributed by atoms with Crippen molar-refractivity contribution < 1.29 is 24.5 Å². The average molecular weight is 175 g/mol. The topological polar surface area (TPSA) is 95.9 Å². The number of carbonyl (C=O) groups is 2. The number of nitrogens with one attached hydrogen (secondary N) is 1. The van der Waals surface area contributed by atoms with E-state index in [1.54, 1.807) is 0 Å². The molecule has 1 atom stereocenters. The number of hydrogen-bond acceptors (Lipinski definition) is 4. The van der Waals surface area contributed by atoms with Crippen molar-refractivity contribution in [2.24, 2.45) is 0 Å². The first kappa shape index (κ1) is 10.4. The van der Waals surface area contributed by atoms with Crippen LogP contribution in [0.1, 0.15) is 0 Å². The van der Waals surface area contributed by atoms with E-state index >= 15 is 0 Å². The van der Waals surface area contributed by atoms with Gasteiger partial charge in [-0.05, 0) is 0 Å². The molecule has 1 amide bonds. The third-order valence-corrected chi connectivity index (χ3v) is 0.963. The Bertz CT molecular complexity index is 190. The van der Waals surface area contributed by atoms with Crippen LogP contribution in [-0.4, -0.2) is 34.9 Å². The molecule has 0 unspecified atom stereocenters. The van der Waals surface area contributed by atoms with Crippen LogP contribution in [0, 0.1) is 0 Å². The minimum absolute atomic E-state index is 0.693. The fourth-order valence-electron chi connectivity index (χ4n) is 0.437. The molecular formula is C6H9NO5. The van der Waals surface area contributed by atoms with Gasteiger partial charge in [0.15, 0.2) is 6.04 Å². The molecule has 0 radical (unpaired) electrons. The van der Waals surface area contributed by atoms with Gasteiger partial charge in [0.05, 0.1) is 12.9 Å². The lowest BCUT2D eigenvalue weighted by molar-refractivity contribution is -0.140. The summed E-state index contributed by atoms with van der Waals surface area (Å²) in [7, 11) is 0. The Labute approximate surface area is 68.4 Å². The molecule has 0 aromatic carbocycles. The van der Waals surface area contributed by atoms with Gasteiger partial charge in [0.1, 0.15) is 0 Å². The van der Waals surface area contributed by atoms with Crippen molar-refractivity contribution in [1.82, 2.24) is 5.32 Å². The highest BCUT2D eigenvalue weighted by Gasteiger charge is 2.18. The number of carboxylic acids is 1. The van der Waals surface area contributed by atoms with Crippen LogP contribution in [0.5, 0.6) is 0 Å². The second kappa shape index (κ2) is 5.14. The number of aliphatic hydroxyl groups is 1. The molecule has 0 fully saturated rings.